The molecule has 0 bridgehead atoms. The standard InChI is InChI=1S/C27H26F3N/c1-2-26(24-13-11-21(12-14-24)17-20-7-4-3-5-8-20)19-23(15-16-31-26)22-9-6-10-25(18-22)27(28,29)30/h3-15,18,31H,2,16-17,19H2,1H3. The van der Waals surface area contributed by atoms with Gasteiger partial charge in [0, 0.05) is 12.1 Å². The first-order valence-corrected chi connectivity index (χ1v) is 10.6. The highest BCUT2D eigenvalue weighted by molar-refractivity contribution is 5.69. The van der Waals surface area contributed by atoms with E-state index >= 15 is 0 Å². The summed E-state index contributed by atoms with van der Waals surface area (Å²) in [4.78, 5) is 0. The number of rotatable bonds is 5. The van der Waals surface area contributed by atoms with E-state index in [2.05, 4.69) is 48.6 Å². The number of benzene rings is 3. The number of hydrogen-bond acceptors (Lipinski definition) is 1. The molecule has 4 heteroatoms. The molecule has 4 rings (SSSR count). The molecule has 0 aliphatic carbocycles. The third-order valence-corrected chi connectivity index (χ3v) is 6.20. The number of alkyl halides is 3. The monoisotopic (exact) mass is 421 g/mol. The maximum absolute atomic E-state index is 13.2. The molecule has 1 heterocycles. The van der Waals surface area contributed by atoms with Crippen molar-refractivity contribution >= 4 is 5.57 Å². The molecule has 0 spiro atoms. The van der Waals surface area contributed by atoms with Gasteiger partial charge in [-0.2, -0.15) is 13.2 Å². The van der Waals surface area contributed by atoms with Crippen LogP contribution < -0.4 is 5.32 Å². The molecule has 1 unspecified atom stereocenters. The van der Waals surface area contributed by atoms with E-state index in [1.165, 1.54) is 28.8 Å². The van der Waals surface area contributed by atoms with Crippen LogP contribution >= 0.6 is 0 Å². The van der Waals surface area contributed by atoms with Crippen LogP contribution in [0.3, 0.4) is 0 Å². The average Bonchev–Trinajstić information content (AvgIpc) is 2.80. The van der Waals surface area contributed by atoms with E-state index in [9.17, 15) is 13.2 Å². The molecule has 1 nitrogen and oxygen atoms in total. The second-order valence-electron chi connectivity index (χ2n) is 8.16. The molecule has 1 atom stereocenters. The zero-order chi connectivity index (χ0) is 21.9. The SMILES string of the molecule is CCC1(c2ccc(Cc3ccccc3)cc2)CC(c2cccc(C(F)(F)F)c2)=CCN1. The molecule has 3 aromatic carbocycles. The van der Waals surface area contributed by atoms with Crippen molar-refractivity contribution in [2.24, 2.45) is 0 Å². The Hall–Kier alpha value is -2.85. The van der Waals surface area contributed by atoms with E-state index in [0.717, 1.165) is 24.5 Å². The summed E-state index contributed by atoms with van der Waals surface area (Å²) in [5, 5.41) is 3.61. The predicted molar refractivity (Wildman–Crippen MR) is 120 cm³/mol. The molecular weight excluding hydrogens is 395 g/mol. The van der Waals surface area contributed by atoms with Crippen molar-refractivity contribution in [1.29, 1.82) is 0 Å². The largest absolute Gasteiger partial charge is 0.416 e. The Balaban J connectivity index is 1.57. The third kappa shape index (κ3) is 4.75. The molecule has 0 radical (unpaired) electrons. The minimum Gasteiger partial charge on any atom is -0.304 e. The van der Waals surface area contributed by atoms with Crippen molar-refractivity contribution in [3.05, 3.63) is 113 Å². The van der Waals surface area contributed by atoms with E-state index in [4.69, 9.17) is 0 Å². The van der Waals surface area contributed by atoms with Crippen molar-refractivity contribution < 1.29 is 13.2 Å². The summed E-state index contributed by atoms with van der Waals surface area (Å²) in [5.74, 6) is 0. The lowest BCUT2D eigenvalue weighted by atomic mass is 9.77. The van der Waals surface area contributed by atoms with Gasteiger partial charge in [0.05, 0.1) is 5.56 Å². The first-order chi connectivity index (χ1) is 14.9. The van der Waals surface area contributed by atoms with Gasteiger partial charge in [-0.1, -0.05) is 79.7 Å². The molecule has 31 heavy (non-hydrogen) atoms. The van der Waals surface area contributed by atoms with Crippen LogP contribution in [-0.2, 0) is 18.1 Å². The van der Waals surface area contributed by atoms with Crippen LogP contribution in [0.15, 0.2) is 84.9 Å². The molecule has 0 fully saturated rings. The maximum atomic E-state index is 13.2. The fraction of sp³-hybridized carbons (Fsp3) is 0.259. The fourth-order valence-electron chi connectivity index (χ4n) is 4.38. The van der Waals surface area contributed by atoms with Crippen molar-refractivity contribution in [2.75, 3.05) is 6.54 Å². The highest BCUT2D eigenvalue weighted by Gasteiger charge is 2.34. The van der Waals surface area contributed by atoms with E-state index in [1.807, 2.05) is 24.3 Å². The summed E-state index contributed by atoms with van der Waals surface area (Å²) < 4.78 is 39.5. The molecule has 1 aliphatic rings. The van der Waals surface area contributed by atoms with Crippen molar-refractivity contribution in [3.8, 4) is 0 Å². The van der Waals surface area contributed by atoms with Crippen molar-refractivity contribution in [1.82, 2.24) is 5.32 Å². The van der Waals surface area contributed by atoms with E-state index in [-0.39, 0.29) is 5.54 Å². The lowest BCUT2D eigenvalue weighted by Crippen LogP contribution is -2.44. The first-order valence-electron chi connectivity index (χ1n) is 10.6. The second-order valence-corrected chi connectivity index (χ2v) is 8.16. The van der Waals surface area contributed by atoms with Crippen LogP contribution in [0.2, 0.25) is 0 Å². The Kier molecular flexibility index (Phi) is 6.01. The summed E-state index contributed by atoms with van der Waals surface area (Å²) in [6, 6.07) is 24.6. The molecule has 1 aliphatic heterocycles. The normalized spacial score (nSPS) is 19.2. The third-order valence-electron chi connectivity index (χ3n) is 6.20. The molecule has 3 aromatic rings. The molecule has 0 aromatic heterocycles. The van der Waals surface area contributed by atoms with Gasteiger partial charge in [-0.3, -0.25) is 0 Å². The topological polar surface area (TPSA) is 12.0 Å². The second kappa shape index (κ2) is 8.72. The molecule has 1 N–H and O–H groups in total. The average molecular weight is 422 g/mol. The van der Waals surface area contributed by atoms with Gasteiger partial charge in [0.25, 0.3) is 0 Å². The van der Waals surface area contributed by atoms with Gasteiger partial charge in [0.1, 0.15) is 0 Å². The van der Waals surface area contributed by atoms with Gasteiger partial charge in [-0.25, -0.2) is 0 Å². The molecule has 0 saturated heterocycles. The molecular formula is C27H26F3N. The van der Waals surface area contributed by atoms with Gasteiger partial charge in [0.15, 0.2) is 0 Å². The van der Waals surface area contributed by atoms with E-state index in [0.29, 0.717) is 18.5 Å². The van der Waals surface area contributed by atoms with Gasteiger partial charge in [-0.15, -0.1) is 0 Å². The number of hydrogen-bond donors (Lipinski definition) is 1. The number of halogens is 3. The Morgan fingerprint density at radius 1 is 0.871 bits per heavy atom. The summed E-state index contributed by atoms with van der Waals surface area (Å²) in [7, 11) is 0. The van der Waals surface area contributed by atoms with Gasteiger partial charge in [-0.05, 0) is 59.2 Å². The van der Waals surface area contributed by atoms with Crippen LogP contribution in [0.5, 0.6) is 0 Å². The number of nitrogens with one attached hydrogen (secondary N) is 1. The van der Waals surface area contributed by atoms with Crippen LogP contribution in [0.1, 0.15) is 47.6 Å². The fourth-order valence-corrected chi connectivity index (χ4v) is 4.38. The quantitative estimate of drug-likeness (QED) is 0.469. The molecule has 160 valence electrons. The Morgan fingerprint density at radius 2 is 1.58 bits per heavy atom. The molecule has 0 amide bonds. The van der Waals surface area contributed by atoms with Gasteiger partial charge in [0.2, 0.25) is 0 Å². The summed E-state index contributed by atoms with van der Waals surface area (Å²) >= 11 is 0. The van der Waals surface area contributed by atoms with Gasteiger partial charge >= 0.3 is 6.18 Å². The minimum absolute atomic E-state index is 0.288. The Morgan fingerprint density at radius 3 is 2.26 bits per heavy atom. The van der Waals surface area contributed by atoms with E-state index in [1.54, 1.807) is 6.07 Å². The van der Waals surface area contributed by atoms with Crippen molar-refractivity contribution in [2.45, 2.75) is 37.9 Å². The first kappa shape index (κ1) is 21.4. The zero-order valence-electron chi connectivity index (χ0n) is 17.5. The van der Waals surface area contributed by atoms with Crippen LogP contribution in [0.4, 0.5) is 13.2 Å². The predicted octanol–water partition coefficient (Wildman–Crippen LogP) is 6.98. The Labute approximate surface area is 181 Å². The van der Waals surface area contributed by atoms with Gasteiger partial charge < -0.3 is 5.32 Å². The van der Waals surface area contributed by atoms with Crippen LogP contribution in [-0.4, -0.2) is 6.54 Å². The minimum atomic E-state index is -4.33. The maximum Gasteiger partial charge on any atom is 0.416 e. The van der Waals surface area contributed by atoms with Crippen LogP contribution in [0, 0.1) is 0 Å². The van der Waals surface area contributed by atoms with Crippen LogP contribution in [0.25, 0.3) is 5.57 Å². The zero-order valence-corrected chi connectivity index (χ0v) is 17.5. The lowest BCUT2D eigenvalue weighted by Gasteiger charge is -2.39. The summed E-state index contributed by atoms with van der Waals surface area (Å²) in [5.41, 5.74) is 4.40. The smallest absolute Gasteiger partial charge is 0.304 e. The highest BCUT2D eigenvalue weighted by Crippen LogP contribution is 2.39. The van der Waals surface area contributed by atoms with Crippen molar-refractivity contribution in [3.63, 3.8) is 0 Å². The summed E-state index contributed by atoms with van der Waals surface area (Å²) in [6.45, 7) is 2.76. The Bertz CT molecular complexity index is 1050. The highest BCUT2D eigenvalue weighted by atomic mass is 19.4. The van der Waals surface area contributed by atoms with E-state index < -0.39 is 11.7 Å². The lowest BCUT2D eigenvalue weighted by molar-refractivity contribution is -0.137. The summed E-state index contributed by atoms with van der Waals surface area (Å²) in [6.07, 6.45) is 0.0559. The molecule has 0 saturated carbocycles.